The number of amides is 1. The van der Waals surface area contributed by atoms with Gasteiger partial charge in [-0.1, -0.05) is 11.6 Å². The first-order chi connectivity index (χ1) is 9.02. The van der Waals surface area contributed by atoms with E-state index >= 15 is 0 Å². The lowest BCUT2D eigenvalue weighted by Gasteiger charge is -2.13. The second kappa shape index (κ2) is 5.28. The third-order valence-electron chi connectivity index (χ3n) is 2.63. The molecule has 2 rings (SSSR count). The quantitative estimate of drug-likeness (QED) is 0.810. The molecular weight excluding hydrogens is 266 g/mol. The zero-order valence-electron chi connectivity index (χ0n) is 10.5. The topological polar surface area (TPSA) is 50.5 Å². The molecule has 0 saturated heterocycles. The van der Waals surface area contributed by atoms with Crippen molar-refractivity contribution in [1.29, 1.82) is 0 Å². The maximum absolute atomic E-state index is 12.1. The first-order valence-electron chi connectivity index (χ1n) is 5.59. The lowest BCUT2D eigenvalue weighted by Crippen LogP contribution is -2.22. The van der Waals surface area contributed by atoms with Crippen LogP contribution >= 0.6 is 11.6 Å². The van der Waals surface area contributed by atoms with E-state index < -0.39 is 0 Å². The van der Waals surface area contributed by atoms with E-state index in [9.17, 15) is 9.59 Å². The van der Waals surface area contributed by atoms with E-state index in [-0.39, 0.29) is 11.7 Å². The third kappa shape index (κ3) is 2.69. The van der Waals surface area contributed by atoms with Gasteiger partial charge in [-0.05, 0) is 30.3 Å². The molecular formula is C14H12ClNO3. The Morgan fingerprint density at radius 3 is 2.58 bits per heavy atom. The van der Waals surface area contributed by atoms with Crippen LogP contribution in [0.3, 0.4) is 0 Å². The lowest BCUT2D eigenvalue weighted by atomic mass is 10.0. The maximum Gasteiger partial charge on any atom is 0.254 e. The first kappa shape index (κ1) is 13.4. The summed E-state index contributed by atoms with van der Waals surface area (Å²) < 4.78 is 5.35. The summed E-state index contributed by atoms with van der Waals surface area (Å²) in [7, 11) is 3.32. The molecule has 2 aromatic rings. The molecule has 5 heteroatoms. The summed E-state index contributed by atoms with van der Waals surface area (Å²) in [5.74, 6) is 0.499. The minimum atomic E-state index is -0.179. The normalized spacial score (nSPS) is 10.3. The zero-order valence-corrected chi connectivity index (χ0v) is 11.3. The Hall–Kier alpha value is -2.07. The van der Waals surface area contributed by atoms with Gasteiger partial charge >= 0.3 is 0 Å². The summed E-state index contributed by atoms with van der Waals surface area (Å²) in [6.45, 7) is 0. The molecule has 0 N–H and O–H groups in total. The molecule has 0 radical (unpaired) electrons. The van der Waals surface area contributed by atoms with Crippen LogP contribution in [0.4, 0.5) is 0 Å². The van der Waals surface area contributed by atoms with Gasteiger partial charge in [-0.3, -0.25) is 9.59 Å². The highest BCUT2D eigenvalue weighted by Gasteiger charge is 2.17. The molecule has 0 fully saturated rings. The van der Waals surface area contributed by atoms with Gasteiger partial charge in [-0.2, -0.15) is 0 Å². The lowest BCUT2D eigenvalue weighted by molar-refractivity contribution is 0.0828. The van der Waals surface area contributed by atoms with Gasteiger partial charge in [0.2, 0.25) is 0 Å². The maximum atomic E-state index is 12.1. The molecule has 1 aromatic heterocycles. The molecule has 4 nitrogen and oxygen atoms in total. The fourth-order valence-corrected chi connectivity index (χ4v) is 1.88. The van der Waals surface area contributed by atoms with Crippen LogP contribution in [0.15, 0.2) is 34.7 Å². The number of halogens is 1. The van der Waals surface area contributed by atoms with Crippen molar-refractivity contribution in [3.8, 4) is 11.3 Å². The Balaban J connectivity index is 2.56. The second-order valence-corrected chi connectivity index (χ2v) is 4.65. The van der Waals surface area contributed by atoms with Gasteiger partial charge in [0.1, 0.15) is 5.76 Å². The van der Waals surface area contributed by atoms with Gasteiger partial charge in [0.25, 0.3) is 5.91 Å². The van der Waals surface area contributed by atoms with Crippen molar-refractivity contribution in [2.75, 3.05) is 14.1 Å². The fraction of sp³-hybridized carbons (Fsp3) is 0.143. The molecule has 0 aliphatic carbocycles. The summed E-state index contributed by atoms with van der Waals surface area (Å²) in [6, 6.07) is 8.17. The van der Waals surface area contributed by atoms with E-state index in [0.717, 1.165) is 0 Å². The number of hydrogen-bond donors (Lipinski definition) is 0. The highest BCUT2D eigenvalue weighted by Crippen LogP contribution is 2.28. The molecule has 0 unspecified atom stereocenters. The molecule has 0 aliphatic rings. The van der Waals surface area contributed by atoms with Crippen LogP contribution < -0.4 is 0 Å². The zero-order chi connectivity index (χ0) is 14.0. The first-order valence-corrected chi connectivity index (χ1v) is 5.97. The predicted molar refractivity (Wildman–Crippen MR) is 72.6 cm³/mol. The van der Waals surface area contributed by atoms with Crippen LogP contribution in [0.2, 0.25) is 5.02 Å². The van der Waals surface area contributed by atoms with E-state index in [0.29, 0.717) is 28.2 Å². The van der Waals surface area contributed by atoms with Crippen LogP contribution in [-0.2, 0) is 0 Å². The average molecular weight is 278 g/mol. The second-order valence-electron chi connectivity index (χ2n) is 4.21. The Kier molecular flexibility index (Phi) is 3.71. The van der Waals surface area contributed by atoms with Gasteiger partial charge < -0.3 is 9.32 Å². The molecule has 19 heavy (non-hydrogen) atoms. The molecule has 1 amide bonds. The summed E-state index contributed by atoms with van der Waals surface area (Å²) in [5.41, 5.74) is 1.04. The number of carbonyl (C=O) groups excluding carboxylic acids is 2. The number of nitrogens with zero attached hydrogens (tertiary/aromatic N) is 1. The van der Waals surface area contributed by atoms with Gasteiger partial charge in [-0.25, -0.2) is 0 Å². The highest BCUT2D eigenvalue weighted by atomic mass is 35.5. The number of benzene rings is 1. The van der Waals surface area contributed by atoms with Crippen molar-refractivity contribution in [1.82, 2.24) is 4.90 Å². The Bertz CT molecular complexity index is 631. The molecule has 1 heterocycles. The molecule has 0 bridgehead atoms. The summed E-state index contributed by atoms with van der Waals surface area (Å²) in [6.07, 6.45) is 0.618. The van der Waals surface area contributed by atoms with Gasteiger partial charge in [-0.15, -0.1) is 0 Å². The summed E-state index contributed by atoms with van der Waals surface area (Å²) in [5, 5.41) is 0.469. The van der Waals surface area contributed by atoms with Crippen LogP contribution in [0.5, 0.6) is 0 Å². The number of hydrogen-bond acceptors (Lipinski definition) is 3. The Labute approximate surface area is 115 Å². The molecule has 0 spiro atoms. The van der Waals surface area contributed by atoms with Crippen molar-refractivity contribution in [2.24, 2.45) is 0 Å². The van der Waals surface area contributed by atoms with Crippen LogP contribution in [0.1, 0.15) is 20.9 Å². The monoisotopic (exact) mass is 277 g/mol. The van der Waals surface area contributed by atoms with Crippen molar-refractivity contribution >= 4 is 23.8 Å². The van der Waals surface area contributed by atoms with E-state index in [1.165, 1.54) is 4.90 Å². The summed E-state index contributed by atoms with van der Waals surface area (Å²) in [4.78, 5) is 24.2. The van der Waals surface area contributed by atoms with Crippen LogP contribution in [0.25, 0.3) is 11.3 Å². The highest BCUT2D eigenvalue weighted by molar-refractivity contribution is 6.31. The summed E-state index contributed by atoms with van der Waals surface area (Å²) >= 11 is 5.93. The molecule has 0 atom stereocenters. The smallest absolute Gasteiger partial charge is 0.254 e. The van der Waals surface area contributed by atoms with Crippen LogP contribution in [0, 0.1) is 0 Å². The molecule has 0 aliphatic heterocycles. The standard InChI is InChI=1S/C14H12ClNO3/c1-16(2)14(18)12-7-9(15)3-5-11(12)13-6-4-10(8-17)19-13/h3-8H,1-2H3. The van der Waals surface area contributed by atoms with E-state index in [1.807, 2.05) is 0 Å². The average Bonchev–Trinajstić information content (AvgIpc) is 2.86. The van der Waals surface area contributed by atoms with Crippen molar-refractivity contribution in [3.05, 3.63) is 46.7 Å². The molecule has 1 aromatic carbocycles. The van der Waals surface area contributed by atoms with Gasteiger partial charge in [0.05, 0.1) is 5.56 Å². The van der Waals surface area contributed by atoms with Gasteiger partial charge in [0.15, 0.2) is 12.0 Å². The third-order valence-corrected chi connectivity index (χ3v) is 2.86. The van der Waals surface area contributed by atoms with Crippen molar-refractivity contribution in [2.45, 2.75) is 0 Å². The SMILES string of the molecule is CN(C)C(=O)c1cc(Cl)ccc1-c1ccc(C=O)o1. The minimum absolute atomic E-state index is 0.179. The number of rotatable bonds is 3. The molecule has 0 saturated carbocycles. The molecule has 98 valence electrons. The van der Waals surface area contributed by atoms with E-state index in [2.05, 4.69) is 0 Å². The Morgan fingerprint density at radius 2 is 2.00 bits per heavy atom. The van der Waals surface area contributed by atoms with Crippen molar-refractivity contribution in [3.63, 3.8) is 0 Å². The van der Waals surface area contributed by atoms with E-state index in [4.69, 9.17) is 16.0 Å². The number of aldehydes is 1. The van der Waals surface area contributed by atoms with Gasteiger partial charge in [0, 0.05) is 24.7 Å². The Morgan fingerprint density at radius 1 is 1.26 bits per heavy atom. The van der Waals surface area contributed by atoms with Crippen molar-refractivity contribution < 1.29 is 14.0 Å². The fourth-order valence-electron chi connectivity index (χ4n) is 1.71. The largest absolute Gasteiger partial charge is 0.453 e. The number of furan rings is 1. The number of carbonyl (C=O) groups is 2. The minimum Gasteiger partial charge on any atom is -0.453 e. The van der Waals surface area contributed by atoms with Crippen LogP contribution in [-0.4, -0.2) is 31.2 Å². The van der Waals surface area contributed by atoms with E-state index in [1.54, 1.807) is 44.4 Å². The predicted octanol–water partition coefficient (Wildman–Crippen LogP) is 3.11.